The predicted molar refractivity (Wildman–Crippen MR) is 74.6 cm³/mol. The molecule has 1 aliphatic rings. The topological polar surface area (TPSA) is 68.0 Å². The van der Waals surface area contributed by atoms with E-state index in [1.165, 1.54) is 0 Å². The summed E-state index contributed by atoms with van der Waals surface area (Å²) in [7, 11) is -0.618. The van der Waals surface area contributed by atoms with Crippen molar-refractivity contribution in [3.05, 3.63) is 24.0 Å². The van der Waals surface area contributed by atoms with Gasteiger partial charge >= 0.3 is 0 Å². The molecule has 0 aliphatic carbocycles. The first-order valence-corrected chi connectivity index (χ1v) is 7.42. The Hall–Kier alpha value is -1.01. The predicted octanol–water partition coefficient (Wildman–Crippen LogP) is 1.04. The number of nitrogens with one attached hydrogen (secondary N) is 1. The average Bonchev–Trinajstić information content (AvgIpc) is 2.33. The lowest BCUT2D eigenvalue weighted by Gasteiger charge is -2.23. The Labute approximate surface area is 108 Å². The van der Waals surface area contributed by atoms with E-state index in [4.69, 9.17) is 18.0 Å². The van der Waals surface area contributed by atoms with Crippen LogP contribution >= 0.6 is 12.2 Å². The molecule has 1 aromatic rings. The fourth-order valence-corrected chi connectivity index (χ4v) is 3.22. The molecular weight excluding hydrogens is 254 g/mol. The van der Waals surface area contributed by atoms with Crippen LogP contribution in [-0.2, 0) is 10.8 Å². The minimum absolute atomic E-state index is 0.310. The second kappa shape index (κ2) is 5.55. The van der Waals surface area contributed by atoms with E-state index in [0.717, 1.165) is 30.0 Å². The highest BCUT2D eigenvalue weighted by molar-refractivity contribution is 7.85. The number of pyridine rings is 1. The van der Waals surface area contributed by atoms with E-state index >= 15 is 0 Å². The molecule has 1 aliphatic heterocycles. The second-order valence-corrected chi connectivity index (χ2v) is 6.20. The van der Waals surface area contributed by atoms with Crippen molar-refractivity contribution in [1.29, 1.82) is 0 Å². The Morgan fingerprint density at radius 1 is 1.47 bits per heavy atom. The molecule has 0 radical (unpaired) electrons. The molecule has 2 heterocycles. The van der Waals surface area contributed by atoms with Gasteiger partial charge in [-0.15, -0.1) is 0 Å². The van der Waals surface area contributed by atoms with Gasteiger partial charge in [0.1, 0.15) is 4.99 Å². The molecule has 0 aromatic carbocycles. The van der Waals surface area contributed by atoms with Crippen LogP contribution in [0.3, 0.4) is 0 Å². The Morgan fingerprint density at radius 3 is 2.71 bits per heavy atom. The number of anilines is 1. The number of aromatic nitrogens is 1. The van der Waals surface area contributed by atoms with Gasteiger partial charge in [-0.2, -0.15) is 0 Å². The molecule has 0 bridgehead atoms. The largest absolute Gasteiger partial charge is 0.388 e. The summed E-state index contributed by atoms with van der Waals surface area (Å²) < 4.78 is 11.2. The minimum atomic E-state index is -0.618. The summed E-state index contributed by atoms with van der Waals surface area (Å²) in [6, 6.07) is 4.13. The van der Waals surface area contributed by atoms with Gasteiger partial charge in [-0.05, 0) is 25.0 Å². The Morgan fingerprint density at radius 2 is 2.18 bits per heavy atom. The first-order valence-electron chi connectivity index (χ1n) is 5.52. The van der Waals surface area contributed by atoms with E-state index in [2.05, 4.69) is 10.3 Å². The van der Waals surface area contributed by atoms with Crippen LogP contribution in [0, 0.1) is 0 Å². The first-order chi connectivity index (χ1) is 8.15. The second-order valence-electron chi connectivity index (χ2n) is 4.06. The summed E-state index contributed by atoms with van der Waals surface area (Å²) in [6.45, 7) is 0. The number of hydrogen-bond donors (Lipinski definition) is 2. The van der Waals surface area contributed by atoms with E-state index in [1.54, 1.807) is 6.20 Å². The van der Waals surface area contributed by atoms with Gasteiger partial charge in [0, 0.05) is 28.3 Å². The van der Waals surface area contributed by atoms with E-state index in [0.29, 0.717) is 16.7 Å². The number of nitrogens with zero attached hydrogens (tertiary/aromatic N) is 1. The van der Waals surface area contributed by atoms with Crippen molar-refractivity contribution in [3.63, 3.8) is 0 Å². The van der Waals surface area contributed by atoms with Crippen LogP contribution in [-0.4, -0.2) is 31.7 Å². The Kier molecular flexibility index (Phi) is 4.06. The maximum atomic E-state index is 11.2. The highest BCUT2D eigenvalue weighted by atomic mass is 32.2. The molecule has 4 nitrogen and oxygen atoms in total. The quantitative estimate of drug-likeness (QED) is 0.803. The monoisotopic (exact) mass is 269 g/mol. The number of hydrogen-bond acceptors (Lipinski definition) is 4. The third-order valence-electron chi connectivity index (χ3n) is 2.77. The van der Waals surface area contributed by atoms with Crippen molar-refractivity contribution in [1.82, 2.24) is 4.98 Å². The van der Waals surface area contributed by atoms with Gasteiger partial charge in [0.05, 0.1) is 17.6 Å². The van der Waals surface area contributed by atoms with Gasteiger partial charge in [0.2, 0.25) is 0 Å². The minimum Gasteiger partial charge on any atom is -0.388 e. The smallest absolute Gasteiger partial charge is 0.122 e. The molecule has 6 heteroatoms. The summed E-state index contributed by atoms with van der Waals surface area (Å²) in [4.78, 5) is 4.48. The molecule has 0 unspecified atom stereocenters. The zero-order valence-corrected chi connectivity index (χ0v) is 11.0. The fourth-order valence-electron chi connectivity index (χ4n) is 1.80. The van der Waals surface area contributed by atoms with Crippen molar-refractivity contribution >= 4 is 33.7 Å². The van der Waals surface area contributed by atoms with Crippen LogP contribution in [0.15, 0.2) is 18.3 Å². The molecule has 92 valence electrons. The molecule has 1 aromatic heterocycles. The lowest BCUT2D eigenvalue weighted by molar-refractivity contribution is 0.624. The van der Waals surface area contributed by atoms with Gasteiger partial charge in [0.25, 0.3) is 0 Å². The van der Waals surface area contributed by atoms with Crippen LogP contribution < -0.4 is 11.1 Å². The number of thiocarbonyl (C=S) groups is 1. The number of nitrogens with two attached hydrogens (primary N) is 1. The van der Waals surface area contributed by atoms with Gasteiger partial charge in [-0.25, -0.2) is 0 Å². The maximum Gasteiger partial charge on any atom is 0.122 e. The molecule has 1 fully saturated rings. The first kappa shape index (κ1) is 12.4. The highest BCUT2D eigenvalue weighted by Crippen LogP contribution is 2.15. The Balaban J connectivity index is 1.95. The SMILES string of the molecule is NC(=S)c1ccc(NC2CCS(=O)CC2)cn1. The molecule has 1 saturated heterocycles. The van der Waals surface area contributed by atoms with Crippen molar-refractivity contribution in [3.8, 4) is 0 Å². The van der Waals surface area contributed by atoms with Crippen molar-refractivity contribution in [2.24, 2.45) is 5.73 Å². The van der Waals surface area contributed by atoms with E-state index in [-0.39, 0.29) is 0 Å². The van der Waals surface area contributed by atoms with Crippen LogP contribution in [0.2, 0.25) is 0 Å². The summed E-state index contributed by atoms with van der Waals surface area (Å²) in [5.41, 5.74) is 7.07. The van der Waals surface area contributed by atoms with Crippen LogP contribution in [0.25, 0.3) is 0 Å². The Bertz CT molecular complexity index is 423. The zero-order chi connectivity index (χ0) is 12.3. The van der Waals surface area contributed by atoms with Crippen LogP contribution in [0.5, 0.6) is 0 Å². The third-order valence-corrected chi connectivity index (χ3v) is 4.37. The van der Waals surface area contributed by atoms with Gasteiger partial charge < -0.3 is 11.1 Å². The van der Waals surface area contributed by atoms with Crippen LogP contribution in [0.1, 0.15) is 18.5 Å². The average molecular weight is 269 g/mol. The van der Waals surface area contributed by atoms with Crippen molar-refractivity contribution in [2.75, 3.05) is 16.8 Å². The van der Waals surface area contributed by atoms with Gasteiger partial charge in [-0.3, -0.25) is 9.19 Å². The molecule has 0 saturated carbocycles. The summed E-state index contributed by atoms with van der Waals surface area (Å²) in [6.07, 6.45) is 3.63. The lowest BCUT2D eigenvalue weighted by Crippen LogP contribution is -2.29. The van der Waals surface area contributed by atoms with Gasteiger partial charge in [-0.1, -0.05) is 12.2 Å². The molecule has 0 atom stereocenters. The van der Waals surface area contributed by atoms with Crippen LogP contribution in [0.4, 0.5) is 5.69 Å². The summed E-state index contributed by atoms with van der Waals surface area (Å²) in [5.74, 6) is 1.58. The van der Waals surface area contributed by atoms with Crippen molar-refractivity contribution in [2.45, 2.75) is 18.9 Å². The van der Waals surface area contributed by atoms with E-state index in [9.17, 15) is 4.21 Å². The fraction of sp³-hybridized carbons (Fsp3) is 0.455. The maximum absolute atomic E-state index is 11.2. The molecule has 0 amide bonds. The van der Waals surface area contributed by atoms with E-state index in [1.807, 2.05) is 12.1 Å². The normalized spacial score (nSPS) is 24.2. The zero-order valence-electron chi connectivity index (χ0n) is 9.39. The lowest BCUT2D eigenvalue weighted by atomic mass is 10.1. The standard InChI is InChI=1S/C11H15N3OS2/c12-11(16)10-2-1-9(7-13-10)14-8-3-5-17(15)6-4-8/h1-2,7-8,14H,3-6H2,(H2,12,16). The summed E-state index contributed by atoms with van der Waals surface area (Å²) in [5, 5.41) is 3.39. The van der Waals surface area contributed by atoms with Crippen molar-refractivity contribution < 1.29 is 4.21 Å². The molecule has 2 rings (SSSR count). The molecular formula is C11H15N3OS2. The number of rotatable bonds is 3. The molecule has 3 N–H and O–H groups in total. The van der Waals surface area contributed by atoms with E-state index < -0.39 is 10.8 Å². The third kappa shape index (κ3) is 3.47. The highest BCUT2D eigenvalue weighted by Gasteiger charge is 2.17. The van der Waals surface area contributed by atoms with Gasteiger partial charge in [0.15, 0.2) is 0 Å². The summed E-state index contributed by atoms with van der Waals surface area (Å²) >= 11 is 4.84. The molecule has 0 spiro atoms. The molecule has 17 heavy (non-hydrogen) atoms.